The van der Waals surface area contributed by atoms with Gasteiger partial charge in [-0.05, 0) is 49.3 Å². The van der Waals surface area contributed by atoms with E-state index in [2.05, 4.69) is 12.2 Å². The Hall–Kier alpha value is -2.14. The van der Waals surface area contributed by atoms with Crippen molar-refractivity contribution in [3.8, 4) is 0 Å². The van der Waals surface area contributed by atoms with Crippen LogP contribution in [-0.2, 0) is 28.9 Å². The molecule has 0 radical (unpaired) electrons. The van der Waals surface area contributed by atoms with Gasteiger partial charge in [0.1, 0.15) is 4.88 Å². The molecule has 1 aliphatic rings. The maximum atomic E-state index is 12.2. The van der Waals surface area contributed by atoms with Crippen LogP contribution in [0.5, 0.6) is 0 Å². The summed E-state index contributed by atoms with van der Waals surface area (Å²) in [5.74, 6) is -0.0278. The number of aryl methyl sites for hydroxylation is 2. The van der Waals surface area contributed by atoms with Gasteiger partial charge >= 0.3 is 5.97 Å². The van der Waals surface area contributed by atoms with Gasteiger partial charge in [0.25, 0.3) is 5.91 Å². The summed E-state index contributed by atoms with van der Waals surface area (Å²) in [6.07, 6.45) is 3.23. The molecule has 0 bridgehead atoms. The highest BCUT2D eigenvalue weighted by molar-refractivity contribution is 7.14. The highest BCUT2D eigenvalue weighted by atomic mass is 32.1. The molecular formula is C20H23NO3S. The van der Waals surface area contributed by atoms with Gasteiger partial charge in [-0.25, -0.2) is 4.79 Å². The first-order chi connectivity index (χ1) is 12.0. The molecule has 1 N–H and O–H groups in total. The number of hydrogen-bond donors (Lipinski definition) is 1. The second-order valence-corrected chi connectivity index (χ2v) is 7.88. The SMILES string of the molecule is Cc1ccc(CNC(=O)COC(=O)c2cc3c(s2)CC[C@H](C)C3)cc1. The van der Waals surface area contributed by atoms with Crippen molar-refractivity contribution in [3.63, 3.8) is 0 Å². The van der Waals surface area contributed by atoms with Gasteiger partial charge in [-0.15, -0.1) is 11.3 Å². The number of hydrogen-bond acceptors (Lipinski definition) is 4. The average Bonchev–Trinajstić information content (AvgIpc) is 3.02. The smallest absolute Gasteiger partial charge is 0.348 e. The van der Waals surface area contributed by atoms with Crippen molar-refractivity contribution in [3.05, 3.63) is 56.8 Å². The Bertz CT molecular complexity index is 764. The molecule has 1 aliphatic carbocycles. The van der Waals surface area contributed by atoms with E-state index in [4.69, 9.17) is 4.74 Å². The summed E-state index contributed by atoms with van der Waals surface area (Å²) in [6, 6.07) is 9.88. The van der Waals surface area contributed by atoms with Crippen LogP contribution in [0, 0.1) is 12.8 Å². The van der Waals surface area contributed by atoms with E-state index in [1.54, 1.807) is 0 Å². The Morgan fingerprint density at radius 3 is 2.80 bits per heavy atom. The lowest BCUT2D eigenvalue weighted by molar-refractivity contribution is -0.124. The number of thiophene rings is 1. The summed E-state index contributed by atoms with van der Waals surface area (Å²) < 4.78 is 5.16. The van der Waals surface area contributed by atoms with E-state index in [1.807, 2.05) is 37.3 Å². The van der Waals surface area contributed by atoms with Crippen LogP contribution < -0.4 is 5.32 Å². The van der Waals surface area contributed by atoms with Gasteiger partial charge in [0.2, 0.25) is 0 Å². The molecule has 0 aliphatic heterocycles. The van der Waals surface area contributed by atoms with Crippen LogP contribution in [0.4, 0.5) is 0 Å². The lowest BCUT2D eigenvalue weighted by atomic mass is 9.90. The minimum Gasteiger partial charge on any atom is -0.451 e. The fourth-order valence-corrected chi connectivity index (χ4v) is 4.07. The number of benzene rings is 1. The molecule has 5 heteroatoms. The number of carbonyl (C=O) groups is 2. The lowest BCUT2D eigenvalue weighted by Gasteiger charge is -2.16. The molecule has 0 spiro atoms. The van der Waals surface area contributed by atoms with Crippen molar-refractivity contribution in [1.82, 2.24) is 5.32 Å². The maximum absolute atomic E-state index is 12.2. The number of carbonyl (C=O) groups excluding carboxylic acids is 2. The van der Waals surface area contributed by atoms with Gasteiger partial charge in [-0.3, -0.25) is 4.79 Å². The third-order valence-corrected chi connectivity index (χ3v) is 5.69. The summed E-state index contributed by atoms with van der Waals surface area (Å²) in [6.45, 7) is 4.44. The first-order valence-corrected chi connectivity index (χ1v) is 9.44. The van der Waals surface area contributed by atoms with Crippen molar-refractivity contribution >= 4 is 23.2 Å². The highest BCUT2D eigenvalue weighted by Crippen LogP contribution is 2.32. The van der Waals surface area contributed by atoms with Gasteiger partial charge in [0, 0.05) is 11.4 Å². The molecule has 2 aromatic rings. The van der Waals surface area contributed by atoms with E-state index in [0.29, 0.717) is 17.3 Å². The zero-order valence-corrected chi connectivity index (χ0v) is 15.4. The molecule has 0 fully saturated rings. The van der Waals surface area contributed by atoms with E-state index in [1.165, 1.54) is 33.8 Å². The van der Waals surface area contributed by atoms with E-state index in [9.17, 15) is 9.59 Å². The minimum atomic E-state index is -0.405. The molecule has 1 aromatic heterocycles. The van der Waals surface area contributed by atoms with E-state index in [0.717, 1.165) is 18.4 Å². The van der Waals surface area contributed by atoms with Crippen LogP contribution in [-0.4, -0.2) is 18.5 Å². The molecule has 132 valence electrons. The van der Waals surface area contributed by atoms with Crippen molar-refractivity contribution in [2.24, 2.45) is 5.92 Å². The number of ether oxygens (including phenoxy) is 1. The number of rotatable bonds is 5. The summed E-state index contributed by atoms with van der Waals surface area (Å²) in [4.78, 5) is 25.9. The van der Waals surface area contributed by atoms with E-state index < -0.39 is 5.97 Å². The zero-order chi connectivity index (χ0) is 17.8. The second-order valence-electron chi connectivity index (χ2n) is 6.75. The lowest BCUT2D eigenvalue weighted by Crippen LogP contribution is -2.28. The topological polar surface area (TPSA) is 55.4 Å². The van der Waals surface area contributed by atoms with Gasteiger partial charge < -0.3 is 10.1 Å². The molecule has 0 unspecified atom stereocenters. The fourth-order valence-electron chi connectivity index (χ4n) is 2.97. The number of amides is 1. The summed E-state index contributed by atoms with van der Waals surface area (Å²) >= 11 is 1.50. The Morgan fingerprint density at radius 2 is 2.04 bits per heavy atom. The molecule has 25 heavy (non-hydrogen) atoms. The third-order valence-electron chi connectivity index (χ3n) is 4.48. The standard InChI is InChI=1S/C20H23NO3S/c1-13-3-6-15(7-4-13)11-21-19(22)12-24-20(23)18-10-16-9-14(2)5-8-17(16)25-18/h3-4,6-7,10,14H,5,8-9,11-12H2,1-2H3,(H,21,22)/t14-/m0/s1. The molecular weight excluding hydrogens is 334 g/mol. The summed E-state index contributed by atoms with van der Waals surface area (Å²) in [7, 11) is 0. The Morgan fingerprint density at radius 1 is 1.28 bits per heavy atom. The minimum absolute atomic E-state index is 0.246. The van der Waals surface area contributed by atoms with Crippen LogP contribution in [0.2, 0.25) is 0 Å². The monoisotopic (exact) mass is 357 g/mol. The Labute approximate surface area is 152 Å². The van der Waals surface area contributed by atoms with Crippen LogP contribution in [0.25, 0.3) is 0 Å². The van der Waals surface area contributed by atoms with Gasteiger partial charge in [-0.1, -0.05) is 36.8 Å². The van der Waals surface area contributed by atoms with Crippen LogP contribution in [0.1, 0.15) is 44.6 Å². The number of nitrogens with one attached hydrogen (secondary N) is 1. The number of esters is 1. The molecule has 1 aromatic carbocycles. The second kappa shape index (κ2) is 7.83. The summed E-state index contributed by atoms with van der Waals surface area (Å²) in [5, 5.41) is 2.77. The zero-order valence-electron chi connectivity index (χ0n) is 14.6. The predicted octanol–water partition coefficient (Wildman–Crippen LogP) is 3.65. The Balaban J connectivity index is 1.47. The molecule has 3 rings (SSSR count). The largest absolute Gasteiger partial charge is 0.451 e. The Kier molecular flexibility index (Phi) is 5.53. The van der Waals surface area contributed by atoms with E-state index >= 15 is 0 Å². The van der Waals surface area contributed by atoms with Crippen LogP contribution in [0.15, 0.2) is 30.3 Å². The number of fused-ring (bicyclic) bond motifs is 1. The first kappa shape index (κ1) is 17.7. The van der Waals surface area contributed by atoms with Gasteiger partial charge in [-0.2, -0.15) is 0 Å². The molecule has 0 saturated carbocycles. The highest BCUT2D eigenvalue weighted by Gasteiger charge is 2.21. The first-order valence-electron chi connectivity index (χ1n) is 8.62. The van der Waals surface area contributed by atoms with Crippen molar-refractivity contribution in [2.45, 2.75) is 39.7 Å². The maximum Gasteiger partial charge on any atom is 0.348 e. The molecule has 1 amide bonds. The summed E-state index contributed by atoms with van der Waals surface area (Å²) in [5.41, 5.74) is 3.46. The molecule has 1 heterocycles. The van der Waals surface area contributed by atoms with E-state index in [-0.39, 0.29) is 12.5 Å². The average molecular weight is 357 g/mol. The van der Waals surface area contributed by atoms with Crippen molar-refractivity contribution in [2.75, 3.05) is 6.61 Å². The normalized spacial score (nSPS) is 16.2. The molecule has 1 atom stereocenters. The molecule has 0 saturated heterocycles. The van der Waals surface area contributed by atoms with Crippen LogP contribution >= 0.6 is 11.3 Å². The van der Waals surface area contributed by atoms with Gasteiger partial charge in [0.05, 0.1) is 0 Å². The predicted molar refractivity (Wildman–Crippen MR) is 98.8 cm³/mol. The van der Waals surface area contributed by atoms with Gasteiger partial charge in [0.15, 0.2) is 6.61 Å². The third kappa shape index (κ3) is 4.69. The van der Waals surface area contributed by atoms with Crippen LogP contribution in [0.3, 0.4) is 0 Å². The quantitative estimate of drug-likeness (QED) is 0.831. The fraction of sp³-hybridized carbons (Fsp3) is 0.400. The molecule has 4 nitrogen and oxygen atoms in total. The van der Waals surface area contributed by atoms with Crippen molar-refractivity contribution < 1.29 is 14.3 Å². The van der Waals surface area contributed by atoms with Crippen molar-refractivity contribution in [1.29, 1.82) is 0 Å².